The van der Waals surface area contributed by atoms with Crippen molar-refractivity contribution in [3.63, 3.8) is 0 Å². The van der Waals surface area contributed by atoms with Crippen LogP contribution in [0.4, 0.5) is 11.5 Å². The molecule has 0 saturated carbocycles. The number of hydrogen-bond acceptors (Lipinski definition) is 4. The molecular weight excluding hydrogens is 406 g/mol. The van der Waals surface area contributed by atoms with Gasteiger partial charge in [-0.05, 0) is 42.0 Å². The number of thiophene rings is 1. The second-order valence-corrected chi connectivity index (χ2v) is 7.40. The van der Waals surface area contributed by atoms with Gasteiger partial charge in [0, 0.05) is 26.1 Å². The summed E-state index contributed by atoms with van der Waals surface area (Å²) < 4.78 is 1.04. The molecule has 0 aliphatic carbocycles. The summed E-state index contributed by atoms with van der Waals surface area (Å²) in [5.41, 5.74) is 3.18. The lowest BCUT2D eigenvalue weighted by atomic mass is 10.1. The Labute approximate surface area is 156 Å². The van der Waals surface area contributed by atoms with Crippen molar-refractivity contribution >= 4 is 60.6 Å². The largest absolute Gasteiger partial charge is 0.340 e. The van der Waals surface area contributed by atoms with Gasteiger partial charge in [0.25, 0.3) is 0 Å². The minimum Gasteiger partial charge on any atom is -0.340 e. The minimum atomic E-state index is 0.725. The van der Waals surface area contributed by atoms with Crippen molar-refractivity contribution in [2.45, 2.75) is 0 Å². The average Bonchev–Trinajstić information content (AvgIpc) is 3.03. The third kappa shape index (κ3) is 3.02. The lowest BCUT2D eigenvalue weighted by Gasteiger charge is -2.08. The molecule has 0 aliphatic rings. The van der Waals surface area contributed by atoms with Crippen LogP contribution in [0.3, 0.4) is 0 Å². The van der Waals surface area contributed by atoms with E-state index in [0.717, 1.165) is 42.3 Å². The van der Waals surface area contributed by atoms with E-state index in [1.165, 1.54) is 0 Å². The summed E-state index contributed by atoms with van der Waals surface area (Å²) in [6.07, 6.45) is 1.59. The molecule has 1 N–H and O–H groups in total. The van der Waals surface area contributed by atoms with E-state index in [0.29, 0.717) is 0 Å². The fourth-order valence-electron chi connectivity index (χ4n) is 2.48. The normalized spacial score (nSPS) is 10.9. The highest BCUT2D eigenvalue weighted by Gasteiger charge is 2.13. The number of aromatic nitrogens is 2. The number of halogens is 2. The van der Waals surface area contributed by atoms with E-state index in [-0.39, 0.29) is 0 Å². The minimum absolute atomic E-state index is 0.725. The Morgan fingerprint density at radius 1 is 0.958 bits per heavy atom. The van der Waals surface area contributed by atoms with Crippen LogP contribution in [0.15, 0.2) is 64.7 Å². The van der Waals surface area contributed by atoms with Gasteiger partial charge >= 0.3 is 0 Å². The smallest absolute Gasteiger partial charge is 0.143 e. The topological polar surface area (TPSA) is 37.8 Å². The molecule has 118 valence electrons. The first-order valence-electron chi connectivity index (χ1n) is 7.21. The van der Waals surface area contributed by atoms with E-state index in [1.807, 2.05) is 48.5 Å². The van der Waals surface area contributed by atoms with Gasteiger partial charge in [0.05, 0.1) is 5.39 Å². The van der Waals surface area contributed by atoms with Gasteiger partial charge in [0.15, 0.2) is 0 Å². The first kappa shape index (κ1) is 15.6. The molecule has 24 heavy (non-hydrogen) atoms. The third-order valence-electron chi connectivity index (χ3n) is 3.63. The van der Waals surface area contributed by atoms with Gasteiger partial charge in [0.1, 0.15) is 17.0 Å². The summed E-state index contributed by atoms with van der Waals surface area (Å²) in [5, 5.41) is 7.24. The Morgan fingerprint density at radius 3 is 2.46 bits per heavy atom. The van der Waals surface area contributed by atoms with Crippen molar-refractivity contribution in [3.05, 3.63) is 69.7 Å². The highest BCUT2D eigenvalue weighted by Crippen LogP contribution is 2.37. The molecule has 6 heteroatoms. The monoisotopic (exact) mass is 415 g/mol. The molecule has 4 aromatic rings. The van der Waals surface area contributed by atoms with Crippen molar-refractivity contribution in [2.75, 3.05) is 5.32 Å². The fourth-order valence-corrected chi connectivity index (χ4v) is 3.79. The molecule has 3 nitrogen and oxygen atoms in total. The van der Waals surface area contributed by atoms with Crippen LogP contribution in [0.25, 0.3) is 21.3 Å². The third-order valence-corrected chi connectivity index (χ3v) is 5.30. The van der Waals surface area contributed by atoms with Crippen LogP contribution < -0.4 is 5.32 Å². The van der Waals surface area contributed by atoms with Gasteiger partial charge in [0.2, 0.25) is 0 Å². The van der Waals surface area contributed by atoms with Gasteiger partial charge < -0.3 is 5.32 Å². The predicted octanol–water partition coefficient (Wildman–Crippen LogP) is 6.52. The molecule has 2 heterocycles. The van der Waals surface area contributed by atoms with E-state index >= 15 is 0 Å². The Hall–Kier alpha value is -1.95. The lowest BCUT2D eigenvalue weighted by molar-refractivity contribution is 1.23. The SMILES string of the molecule is Clc1ccc(-c2csc3ncnc(Nc4ccc(Br)cc4)c23)cc1. The van der Waals surface area contributed by atoms with E-state index in [4.69, 9.17) is 11.6 Å². The second kappa shape index (κ2) is 6.51. The van der Waals surface area contributed by atoms with Crippen molar-refractivity contribution < 1.29 is 0 Å². The first-order valence-corrected chi connectivity index (χ1v) is 9.26. The Kier molecular flexibility index (Phi) is 4.22. The van der Waals surface area contributed by atoms with Gasteiger partial charge in [-0.1, -0.05) is 39.7 Å². The summed E-state index contributed by atoms with van der Waals surface area (Å²) in [6.45, 7) is 0. The lowest BCUT2D eigenvalue weighted by Crippen LogP contribution is -1.95. The summed E-state index contributed by atoms with van der Waals surface area (Å²) in [6, 6.07) is 15.8. The van der Waals surface area contributed by atoms with E-state index in [2.05, 4.69) is 36.6 Å². The molecule has 4 rings (SSSR count). The highest BCUT2D eigenvalue weighted by atomic mass is 79.9. The summed E-state index contributed by atoms with van der Waals surface area (Å²) >= 11 is 11.1. The average molecular weight is 417 g/mol. The number of fused-ring (bicyclic) bond motifs is 1. The van der Waals surface area contributed by atoms with Crippen LogP contribution in [0.5, 0.6) is 0 Å². The van der Waals surface area contributed by atoms with Crippen molar-refractivity contribution in [3.8, 4) is 11.1 Å². The molecule has 2 aromatic carbocycles. The second-order valence-electron chi connectivity index (χ2n) is 5.19. The number of nitrogens with one attached hydrogen (secondary N) is 1. The standard InChI is InChI=1S/C18H11BrClN3S/c19-12-3-7-14(8-4-12)23-17-16-15(9-24-18(16)22-10-21-17)11-1-5-13(20)6-2-11/h1-10H,(H,21,22,23). The van der Waals surface area contributed by atoms with E-state index in [1.54, 1.807) is 17.7 Å². The molecule has 0 unspecified atom stereocenters. The van der Waals surface area contributed by atoms with Crippen LogP contribution in [-0.4, -0.2) is 9.97 Å². The molecule has 2 aromatic heterocycles. The molecule has 0 spiro atoms. The fraction of sp³-hybridized carbons (Fsp3) is 0. The van der Waals surface area contributed by atoms with Gasteiger partial charge in [-0.25, -0.2) is 9.97 Å². The van der Waals surface area contributed by atoms with E-state index in [9.17, 15) is 0 Å². The Balaban J connectivity index is 1.82. The highest BCUT2D eigenvalue weighted by molar-refractivity contribution is 9.10. The zero-order valence-electron chi connectivity index (χ0n) is 12.3. The predicted molar refractivity (Wildman–Crippen MR) is 105 cm³/mol. The van der Waals surface area contributed by atoms with Gasteiger partial charge in [-0.15, -0.1) is 11.3 Å². The number of anilines is 2. The molecule has 0 atom stereocenters. The Bertz CT molecular complexity index is 997. The molecule has 0 radical (unpaired) electrons. The molecule has 0 aliphatic heterocycles. The van der Waals surface area contributed by atoms with Crippen molar-refractivity contribution in [1.82, 2.24) is 9.97 Å². The zero-order chi connectivity index (χ0) is 16.5. The van der Waals surface area contributed by atoms with Crippen LogP contribution >= 0.6 is 38.9 Å². The van der Waals surface area contributed by atoms with E-state index < -0.39 is 0 Å². The Morgan fingerprint density at radius 2 is 1.71 bits per heavy atom. The maximum absolute atomic E-state index is 6.00. The maximum Gasteiger partial charge on any atom is 0.143 e. The quantitative estimate of drug-likeness (QED) is 0.413. The zero-order valence-corrected chi connectivity index (χ0v) is 15.5. The van der Waals surface area contributed by atoms with Crippen molar-refractivity contribution in [2.24, 2.45) is 0 Å². The number of hydrogen-bond donors (Lipinski definition) is 1. The van der Waals surface area contributed by atoms with Gasteiger partial charge in [-0.3, -0.25) is 0 Å². The van der Waals surface area contributed by atoms with Crippen LogP contribution in [0, 0.1) is 0 Å². The summed E-state index contributed by atoms with van der Waals surface area (Å²) in [7, 11) is 0. The van der Waals surface area contributed by atoms with Crippen LogP contribution in [-0.2, 0) is 0 Å². The molecule has 0 fully saturated rings. The van der Waals surface area contributed by atoms with Gasteiger partial charge in [-0.2, -0.15) is 0 Å². The van der Waals surface area contributed by atoms with Crippen LogP contribution in [0.2, 0.25) is 5.02 Å². The molecular formula is C18H11BrClN3S. The number of benzene rings is 2. The van der Waals surface area contributed by atoms with Crippen molar-refractivity contribution in [1.29, 1.82) is 0 Å². The number of nitrogens with zero attached hydrogens (tertiary/aromatic N) is 2. The number of rotatable bonds is 3. The molecule has 0 amide bonds. The summed E-state index contributed by atoms with van der Waals surface area (Å²) in [4.78, 5) is 9.80. The molecule has 0 bridgehead atoms. The molecule has 0 saturated heterocycles. The van der Waals surface area contributed by atoms with Crippen LogP contribution in [0.1, 0.15) is 0 Å². The summed E-state index contributed by atoms with van der Waals surface area (Å²) in [5.74, 6) is 0.800. The maximum atomic E-state index is 6.00. The first-order chi connectivity index (χ1) is 11.7.